The van der Waals surface area contributed by atoms with E-state index in [1.807, 2.05) is 13.1 Å². The fourth-order valence-corrected chi connectivity index (χ4v) is 8.34. The van der Waals surface area contributed by atoms with Gasteiger partial charge in [0.1, 0.15) is 6.04 Å². The van der Waals surface area contributed by atoms with Crippen LogP contribution in [0.15, 0.2) is 30.3 Å². The quantitative estimate of drug-likeness (QED) is 0.602. The first-order valence-electron chi connectivity index (χ1n) is 12.8. The van der Waals surface area contributed by atoms with Gasteiger partial charge in [0.2, 0.25) is 5.91 Å². The van der Waals surface area contributed by atoms with Crippen molar-refractivity contribution in [1.82, 2.24) is 15.5 Å². The van der Waals surface area contributed by atoms with Gasteiger partial charge in [-0.15, -0.1) is 0 Å². The van der Waals surface area contributed by atoms with Gasteiger partial charge in [-0.2, -0.15) is 0 Å². The lowest BCUT2D eigenvalue weighted by Crippen LogP contribution is -2.65. The third kappa shape index (κ3) is 4.06. The van der Waals surface area contributed by atoms with Gasteiger partial charge in [-0.05, 0) is 85.9 Å². The average molecular weight is 454 g/mol. The van der Waals surface area contributed by atoms with Crippen LogP contribution in [0.2, 0.25) is 0 Å². The van der Waals surface area contributed by atoms with E-state index in [0.29, 0.717) is 18.0 Å². The molecular formula is C27H39N3OS. The van der Waals surface area contributed by atoms with Gasteiger partial charge in [-0.1, -0.05) is 56.5 Å². The van der Waals surface area contributed by atoms with E-state index in [1.165, 1.54) is 51.4 Å². The van der Waals surface area contributed by atoms with Crippen LogP contribution in [0.1, 0.15) is 82.7 Å². The largest absolute Gasteiger partial charge is 0.366 e. The molecule has 0 aromatic heterocycles. The van der Waals surface area contributed by atoms with Gasteiger partial charge in [0.15, 0.2) is 5.11 Å². The Bertz CT molecular complexity index is 823. The molecule has 4 atom stereocenters. The van der Waals surface area contributed by atoms with Gasteiger partial charge in [-0.25, -0.2) is 0 Å². The smallest absolute Gasteiger partial charge is 0.247 e. The number of amides is 1. The zero-order chi connectivity index (χ0) is 22.3. The average Bonchev–Trinajstić information content (AvgIpc) is 2.78. The molecule has 0 heterocycles. The Balaban J connectivity index is 1.52. The number of hydrogen-bond acceptors (Lipinski definition) is 2. The molecule has 32 heavy (non-hydrogen) atoms. The van der Waals surface area contributed by atoms with Crippen molar-refractivity contribution in [3.63, 3.8) is 0 Å². The lowest BCUT2D eigenvalue weighted by Gasteiger charge is -2.63. The third-order valence-electron chi connectivity index (χ3n) is 8.95. The lowest BCUT2D eigenvalue weighted by atomic mass is 9.47. The second-order valence-electron chi connectivity index (χ2n) is 11.3. The topological polar surface area (TPSA) is 44.4 Å². The fourth-order valence-electron chi connectivity index (χ4n) is 8.12. The lowest BCUT2D eigenvalue weighted by molar-refractivity contribution is -0.137. The number of nitrogens with zero attached hydrogens (tertiary/aromatic N) is 1. The summed E-state index contributed by atoms with van der Waals surface area (Å²) in [6.45, 7) is 2.48. The van der Waals surface area contributed by atoms with Crippen LogP contribution in [0.3, 0.4) is 0 Å². The minimum Gasteiger partial charge on any atom is -0.366 e. The van der Waals surface area contributed by atoms with Crippen LogP contribution in [0.5, 0.6) is 0 Å². The van der Waals surface area contributed by atoms with Crippen molar-refractivity contribution in [3.05, 3.63) is 35.9 Å². The zero-order valence-corrected chi connectivity index (χ0v) is 20.5. The van der Waals surface area contributed by atoms with Crippen molar-refractivity contribution < 1.29 is 4.79 Å². The van der Waals surface area contributed by atoms with E-state index in [0.717, 1.165) is 35.4 Å². The van der Waals surface area contributed by atoms with Crippen LogP contribution < -0.4 is 10.6 Å². The van der Waals surface area contributed by atoms with Crippen LogP contribution in [-0.2, 0) is 4.79 Å². The highest BCUT2D eigenvalue weighted by molar-refractivity contribution is 7.80. The highest BCUT2D eigenvalue weighted by atomic mass is 32.1. The fraction of sp³-hybridized carbons (Fsp3) is 0.704. The molecule has 5 saturated carbocycles. The molecule has 1 aromatic rings. The van der Waals surface area contributed by atoms with Crippen LogP contribution in [0.4, 0.5) is 0 Å². The van der Waals surface area contributed by atoms with Crippen molar-refractivity contribution in [2.24, 2.45) is 23.2 Å². The van der Waals surface area contributed by atoms with E-state index < -0.39 is 0 Å². The molecule has 0 saturated heterocycles. The Morgan fingerprint density at radius 1 is 1.06 bits per heavy atom. The van der Waals surface area contributed by atoms with Crippen LogP contribution in [0.25, 0.3) is 0 Å². The Morgan fingerprint density at radius 2 is 1.72 bits per heavy atom. The molecule has 4 nitrogen and oxygen atoms in total. The summed E-state index contributed by atoms with van der Waals surface area (Å²) in [4.78, 5) is 16.3. The number of thiocarbonyl (C=S) groups is 1. The molecule has 174 valence electrons. The molecule has 0 aliphatic heterocycles. The molecule has 0 spiro atoms. The van der Waals surface area contributed by atoms with Crippen LogP contribution in [-0.4, -0.2) is 35.1 Å². The minimum atomic E-state index is -0.377. The summed E-state index contributed by atoms with van der Waals surface area (Å²) in [6.07, 6.45) is 12.5. The first-order chi connectivity index (χ1) is 15.5. The Morgan fingerprint density at radius 3 is 2.31 bits per heavy atom. The maximum Gasteiger partial charge on any atom is 0.247 e. The normalized spacial score (nSPS) is 34.7. The number of benzene rings is 1. The van der Waals surface area contributed by atoms with Gasteiger partial charge in [0, 0.05) is 19.1 Å². The first kappa shape index (κ1) is 22.2. The Hall–Kier alpha value is -1.62. The molecule has 2 N–H and O–H groups in total. The molecule has 0 radical (unpaired) electrons. The molecule has 5 fully saturated rings. The van der Waals surface area contributed by atoms with Crippen molar-refractivity contribution in [1.29, 1.82) is 0 Å². The highest BCUT2D eigenvalue weighted by Crippen LogP contribution is 2.62. The van der Waals surface area contributed by atoms with Crippen LogP contribution >= 0.6 is 12.2 Å². The monoisotopic (exact) mass is 453 g/mol. The van der Waals surface area contributed by atoms with Gasteiger partial charge < -0.3 is 15.5 Å². The Kier molecular flexibility index (Phi) is 6.21. The van der Waals surface area contributed by atoms with Gasteiger partial charge in [0.05, 0.1) is 0 Å². The molecule has 4 bridgehead atoms. The minimum absolute atomic E-state index is 0.123. The van der Waals surface area contributed by atoms with Crippen molar-refractivity contribution >= 4 is 23.2 Å². The number of rotatable bonds is 5. The second kappa shape index (κ2) is 8.96. The van der Waals surface area contributed by atoms with E-state index in [-0.39, 0.29) is 17.4 Å². The standard InChI is InChI=1S/C27H39N3OS/c1-27-16-18-13-19(17-27)15-21(14-18)24(27)30(26(32)28-2)23(20-9-5-3-6-10-20)25(31)29-22-11-7-4-8-12-22/h3,5-6,9-10,18-19,21-24H,4,7-8,11-17H2,1-2H3,(H,28,32)(H,29,31). The third-order valence-corrected chi connectivity index (χ3v) is 9.37. The SMILES string of the molecule is CNC(=S)N(C(C(=O)NC1CCCCC1)c1ccccc1)C1C2CC3CC(C2)CC1(C)C3. The summed E-state index contributed by atoms with van der Waals surface area (Å²) >= 11 is 5.96. The predicted molar refractivity (Wildman–Crippen MR) is 133 cm³/mol. The van der Waals surface area contributed by atoms with Gasteiger partial charge in [-0.3, -0.25) is 4.79 Å². The number of nitrogens with one attached hydrogen (secondary N) is 2. The number of hydrogen-bond donors (Lipinski definition) is 2. The summed E-state index contributed by atoms with van der Waals surface area (Å²) in [5, 5.41) is 7.44. The highest BCUT2D eigenvalue weighted by Gasteiger charge is 2.58. The summed E-state index contributed by atoms with van der Waals surface area (Å²) in [5.41, 5.74) is 1.28. The van der Waals surface area contributed by atoms with Crippen molar-refractivity contribution in [2.45, 2.75) is 89.3 Å². The molecule has 6 rings (SSSR count). The summed E-state index contributed by atoms with van der Waals surface area (Å²) in [5.74, 6) is 2.49. The second-order valence-corrected chi connectivity index (χ2v) is 11.7. The van der Waals surface area contributed by atoms with E-state index in [2.05, 4.69) is 46.7 Å². The van der Waals surface area contributed by atoms with E-state index in [4.69, 9.17) is 12.2 Å². The van der Waals surface area contributed by atoms with E-state index >= 15 is 0 Å². The maximum absolute atomic E-state index is 14.0. The predicted octanol–water partition coefficient (Wildman–Crippen LogP) is 5.20. The van der Waals surface area contributed by atoms with E-state index in [1.54, 1.807) is 0 Å². The maximum atomic E-state index is 14.0. The molecule has 5 aliphatic carbocycles. The molecule has 1 amide bonds. The first-order valence-corrected chi connectivity index (χ1v) is 13.2. The molecular weight excluding hydrogens is 414 g/mol. The number of carbonyl (C=O) groups excluding carboxylic acids is 1. The summed E-state index contributed by atoms with van der Waals surface area (Å²) in [6, 6.07) is 10.6. The van der Waals surface area contributed by atoms with Gasteiger partial charge in [0.25, 0.3) is 0 Å². The van der Waals surface area contributed by atoms with Gasteiger partial charge >= 0.3 is 0 Å². The molecule has 5 aliphatic rings. The van der Waals surface area contributed by atoms with Crippen molar-refractivity contribution in [2.75, 3.05) is 7.05 Å². The summed E-state index contributed by atoms with van der Waals surface area (Å²) in [7, 11) is 1.91. The van der Waals surface area contributed by atoms with E-state index in [9.17, 15) is 4.79 Å². The molecule has 1 aromatic carbocycles. The summed E-state index contributed by atoms with van der Waals surface area (Å²) < 4.78 is 0. The molecule has 4 unspecified atom stereocenters. The zero-order valence-electron chi connectivity index (χ0n) is 19.7. The van der Waals surface area contributed by atoms with Crippen molar-refractivity contribution in [3.8, 4) is 0 Å². The van der Waals surface area contributed by atoms with Crippen LogP contribution in [0, 0.1) is 23.2 Å². The number of carbonyl (C=O) groups is 1. The Labute approximate surface area is 198 Å². The molecule has 5 heteroatoms.